The van der Waals surface area contributed by atoms with Crippen LogP contribution in [-0.2, 0) is 11.3 Å². The molecule has 0 saturated heterocycles. The van der Waals surface area contributed by atoms with Gasteiger partial charge >= 0.3 is 0 Å². The number of carbonyl (C=O) groups excluding carboxylic acids is 1. The molecule has 0 aliphatic heterocycles. The summed E-state index contributed by atoms with van der Waals surface area (Å²) < 4.78 is 20.1. The van der Waals surface area contributed by atoms with Crippen LogP contribution in [0.5, 0.6) is 5.75 Å². The highest BCUT2D eigenvalue weighted by Crippen LogP contribution is 2.15. The lowest BCUT2D eigenvalue weighted by molar-refractivity contribution is -0.122. The van der Waals surface area contributed by atoms with Gasteiger partial charge in [0.25, 0.3) is 5.91 Å². The molecule has 0 aliphatic carbocycles. The molecular weight excluding hydrogens is 323 g/mol. The van der Waals surface area contributed by atoms with E-state index in [-0.39, 0.29) is 11.7 Å². The van der Waals surface area contributed by atoms with E-state index < -0.39 is 6.10 Å². The number of carbonyl (C=O) groups is 1. The van der Waals surface area contributed by atoms with Crippen LogP contribution in [0.2, 0.25) is 0 Å². The number of nitrogens with zero attached hydrogens (tertiary/aromatic N) is 3. The van der Waals surface area contributed by atoms with Gasteiger partial charge in [-0.3, -0.25) is 4.79 Å². The highest BCUT2D eigenvalue weighted by molar-refractivity contribution is 5.94. The van der Waals surface area contributed by atoms with E-state index in [0.717, 1.165) is 5.56 Å². The number of anilines is 1. The second-order valence-electron chi connectivity index (χ2n) is 5.49. The van der Waals surface area contributed by atoms with Crippen molar-refractivity contribution in [2.75, 3.05) is 5.32 Å². The number of amides is 1. The maximum absolute atomic E-state index is 12.9. The molecule has 1 heterocycles. The van der Waals surface area contributed by atoms with E-state index in [2.05, 4.69) is 15.4 Å². The highest BCUT2D eigenvalue weighted by Gasteiger charge is 2.15. The second kappa shape index (κ2) is 7.57. The van der Waals surface area contributed by atoms with Crippen LogP contribution in [0.15, 0.2) is 61.2 Å². The first-order valence-corrected chi connectivity index (χ1v) is 7.74. The van der Waals surface area contributed by atoms with Crippen LogP contribution < -0.4 is 10.1 Å². The van der Waals surface area contributed by atoms with E-state index in [1.54, 1.807) is 17.9 Å². The molecule has 25 heavy (non-hydrogen) atoms. The first-order valence-electron chi connectivity index (χ1n) is 7.74. The van der Waals surface area contributed by atoms with E-state index in [4.69, 9.17) is 4.74 Å². The molecule has 1 N–H and O–H groups in total. The molecule has 128 valence electrons. The van der Waals surface area contributed by atoms with Crippen molar-refractivity contribution >= 4 is 11.6 Å². The average molecular weight is 340 g/mol. The Bertz CT molecular complexity index is 817. The van der Waals surface area contributed by atoms with Crippen molar-refractivity contribution in [3.8, 4) is 5.75 Å². The van der Waals surface area contributed by atoms with Crippen LogP contribution in [0.3, 0.4) is 0 Å². The SMILES string of the molecule is C[C@H](Oc1ccc(F)cc1)C(=O)Nc1ccc(Cn2cncn2)cc1. The molecule has 1 aromatic heterocycles. The Morgan fingerprint density at radius 3 is 2.56 bits per heavy atom. The molecule has 3 aromatic rings. The lowest BCUT2D eigenvalue weighted by atomic mass is 10.2. The summed E-state index contributed by atoms with van der Waals surface area (Å²) >= 11 is 0. The molecule has 0 aliphatic rings. The van der Waals surface area contributed by atoms with E-state index in [9.17, 15) is 9.18 Å². The molecule has 1 atom stereocenters. The smallest absolute Gasteiger partial charge is 0.265 e. The fourth-order valence-corrected chi connectivity index (χ4v) is 2.21. The largest absolute Gasteiger partial charge is 0.481 e. The van der Waals surface area contributed by atoms with Crippen molar-refractivity contribution in [2.24, 2.45) is 0 Å². The summed E-state index contributed by atoms with van der Waals surface area (Å²) in [6.45, 7) is 2.25. The lowest BCUT2D eigenvalue weighted by Gasteiger charge is -2.15. The number of halogens is 1. The third kappa shape index (κ3) is 4.63. The van der Waals surface area contributed by atoms with E-state index >= 15 is 0 Å². The van der Waals surface area contributed by atoms with Crippen LogP contribution in [0.1, 0.15) is 12.5 Å². The summed E-state index contributed by atoms with van der Waals surface area (Å²) in [4.78, 5) is 16.1. The number of nitrogens with one attached hydrogen (secondary N) is 1. The predicted octanol–water partition coefficient (Wildman–Crippen LogP) is 2.87. The van der Waals surface area contributed by atoms with Gasteiger partial charge in [0.2, 0.25) is 0 Å². The molecule has 0 radical (unpaired) electrons. The number of ether oxygens (including phenoxy) is 1. The Balaban J connectivity index is 1.55. The molecular formula is C18H17FN4O2. The maximum Gasteiger partial charge on any atom is 0.265 e. The van der Waals surface area contributed by atoms with Gasteiger partial charge in [-0.05, 0) is 48.9 Å². The third-order valence-electron chi connectivity index (χ3n) is 3.53. The first-order chi connectivity index (χ1) is 12.1. The van der Waals surface area contributed by atoms with Gasteiger partial charge in [0.15, 0.2) is 6.10 Å². The molecule has 0 unspecified atom stereocenters. The zero-order chi connectivity index (χ0) is 17.6. The lowest BCUT2D eigenvalue weighted by Crippen LogP contribution is -2.30. The van der Waals surface area contributed by atoms with Gasteiger partial charge in [0, 0.05) is 5.69 Å². The number of benzene rings is 2. The zero-order valence-electron chi connectivity index (χ0n) is 13.6. The predicted molar refractivity (Wildman–Crippen MR) is 90.7 cm³/mol. The maximum atomic E-state index is 12.9. The number of rotatable bonds is 6. The summed E-state index contributed by atoms with van der Waals surface area (Å²) in [6, 6.07) is 13.0. The molecule has 0 fully saturated rings. The van der Waals surface area contributed by atoms with E-state index in [1.807, 2.05) is 24.3 Å². The Kier molecular flexibility index (Phi) is 5.03. The minimum Gasteiger partial charge on any atom is -0.481 e. The van der Waals surface area contributed by atoms with Gasteiger partial charge in [-0.2, -0.15) is 5.10 Å². The van der Waals surface area contributed by atoms with Gasteiger partial charge in [-0.1, -0.05) is 12.1 Å². The molecule has 7 heteroatoms. The zero-order valence-corrected chi connectivity index (χ0v) is 13.6. The monoisotopic (exact) mass is 340 g/mol. The Labute approximate surface area is 144 Å². The van der Waals surface area contributed by atoms with Crippen molar-refractivity contribution < 1.29 is 13.9 Å². The van der Waals surface area contributed by atoms with Gasteiger partial charge in [-0.15, -0.1) is 0 Å². The van der Waals surface area contributed by atoms with Crippen molar-refractivity contribution in [2.45, 2.75) is 19.6 Å². The van der Waals surface area contributed by atoms with Crippen LogP contribution >= 0.6 is 0 Å². The molecule has 6 nitrogen and oxygen atoms in total. The average Bonchev–Trinajstić information content (AvgIpc) is 3.11. The van der Waals surface area contributed by atoms with E-state index in [1.165, 1.54) is 30.6 Å². The summed E-state index contributed by atoms with van der Waals surface area (Å²) in [6.07, 6.45) is 2.42. The minimum absolute atomic E-state index is 0.284. The second-order valence-corrected chi connectivity index (χ2v) is 5.49. The van der Waals surface area contributed by atoms with Crippen molar-refractivity contribution in [1.82, 2.24) is 14.8 Å². The van der Waals surface area contributed by atoms with Crippen LogP contribution in [0.4, 0.5) is 10.1 Å². The van der Waals surface area contributed by atoms with Gasteiger partial charge < -0.3 is 10.1 Å². The summed E-state index contributed by atoms with van der Waals surface area (Å²) in [5.74, 6) is -0.198. The van der Waals surface area contributed by atoms with Crippen molar-refractivity contribution in [3.63, 3.8) is 0 Å². The number of aromatic nitrogens is 3. The highest BCUT2D eigenvalue weighted by atomic mass is 19.1. The molecule has 3 rings (SSSR count). The number of hydrogen-bond donors (Lipinski definition) is 1. The quantitative estimate of drug-likeness (QED) is 0.749. The van der Waals surface area contributed by atoms with Crippen molar-refractivity contribution in [3.05, 3.63) is 72.6 Å². The minimum atomic E-state index is -0.708. The van der Waals surface area contributed by atoms with Gasteiger partial charge in [-0.25, -0.2) is 14.1 Å². The molecule has 0 bridgehead atoms. The Morgan fingerprint density at radius 2 is 1.92 bits per heavy atom. The molecule has 2 aromatic carbocycles. The standard InChI is InChI=1S/C18H17FN4O2/c1-13(25-17-8-4-15(19)5-9-17)18(24)22-16-6-2-14(3-7-16)10-23-12-20-11-21-23/h2-9,11-13H,10H2,1H3,(H,22,24)/t13-/m0/s1. The molecule has 1 amide bonds. The van der Waals surface area contributed by atoms with Gasteiger partial charge in [0.05, 0.1) is 6.54 Å². The van der Waals surface area contributed by atoms with Crippen molar-refractivity contribution in [1.29, 1.82) is 0 Å². The van der Waals surface area contributed by atoms with Gasteiger partial charge in [0.1, 0.15) is 24.2 Å². The topological polar surface area (TPSA) is 69.0 Å². The third-order valence-corrected chi connectivity index (χ3v) is 3.53. The first kappa shape index (κ1) is 16.6. The fourth-order valence-electron chi connectivity index (χ4n) is 2.21. The molecule has 0 saturated carbocycles. The summed E-state index contributed by atoms with van der Waals surface area (Å²) in [5.41, 5.74) is 1.71. The Morgan fingerprint density at radius 1 is 1.20 bits per heavy atom. The molecule has 0 spiro atoms. The Hall–Kier alpha value is -3.22. The normalized spacial score (nSPS) is 11.8. The summed E-state index contributed by atoms with van der Waals surface area (Å²) in [7, 11) is 0. The van der Waals surface area contributed by atoms with Crippen LogP contribution in [-0.4, -0.2) is 26.8 Å². The summed E-state index contributed by atoms with van der Waals surface area (Å²) in [5, 5.41) is 6.83. The van der Waals surface area contributed by atoms with Crippen LogP contribution in [0.25, 0.3) is 0 Å². The van der Waals surface area contributed by atoms with E-state index in [0.29, 0.717) is 18.0 Å². The van der Waals surface area contributed by atoms with Crippen LogP contribution in [0, 0.1) is 5.82 Å². The fraction of sp³-hybridized carbons (Fsp3) is 0.167. The number of hydrogen-bond acceptors (Lipinski definition) is 4.